The highest BCUT2D eigenvalue weighted by Crippen LogP contribution is 2.44. The average molecular weight is 541 g/mol. The molecule has 1 aliphatic carbocycles. The molecule has 10 nitrogen and oxygen atoms in total. The van der Waals surface area contributed by atoms with Crippen molar-refractivity contribution in [3.63, 3.8) is 0 Å². The molecule has 0 saturated heterocycles. The van der Waals surface area contributed by atoms with Crippen LogP contribution in [0.2, 0.25) is 0 Å². The van der Waals surface area contributed by atoms with E-state index in [0.717, 1.165) is 22.3 Å². The van der Waals surface area contributed by atoms with Gasteiger partial charge in [0.05, 0.1) is 0 Å². The van der Waals surface area contributed by atoms with Crippen molar-refractivity contribution in [2.45, 2.75) is 71.2 Å². The zero-order valence-corrected chi connectivity index (χ0v) is 23.0. The third kappa shape index (κ3) is 7.49. The van der Waals surface area contributed by atoms with E-state index in [4.69, 9.17) is 14.2 Å². The average Bonchev–Trinajstić information content (AvgIpc) is 3.16. The number of aliphatic carboxylic acids is 1. The first-order valence-electron chi connectivity index (χ1n) is 12.8. The topological polar surface area (TPSA) is 140 Å². The van der Waals surface area contributed by atoms with Crippen LogP contribution in [0.4, 0.5) is 9.59 Å². The van der Waals surface area contributed by atoms with E-state index in [-0.39, 0.29) is 12.5 Å². The van der Waals surface area contributed by atoms with Crippen LogP contribution in [0, 0.1) is 5.92 Å². The maximum Gasteiger partial charge on any atom is 0.408 e. The number of hydrogen-bond acceptors (Lipinski definition) is 7. The van der Waals surface area contributed by atoms with E-state index >= 15 is 0 Å². The number of nitrogens with one attached hydrogen (secondary N) is 2. The van der Waals surface area contributed by atoms with Gasteiger partial charge in [0.1, 0.15) is 24.4 Å². The molecule has 3 rings (SSSR count). The van der Waals surface area contributed by atoms with Gasteiger partial charge in [0.2, 0.25) is 0 Å². The molecular weight excluding hydrogens is 504 g/mol. The van der Waals surface area contributed by atoms with Crippen molar-refractivity contribution in [1.82, 2.24) is 10.6 Å². The minimum Gasteiger partial charge on any atom is -0.480 e. The Balaban J connectivity index is 1.62. The summed E-state index contributed by atoms with van der Waals surface area (Å²) >= 11 is 0. The Morgan fingerprint density at radius 1 is 0.846 bits per heavy atom. The predicted molar refractivity (Wildman–Crippen MR) is 143 cm³/mol. The van der Waals surface area contributed by atoms with E-state index in [9.17, 15) is 24.3 Å². The molecular formula is C29H36N2O8. The highest BCUT2D eigenvalue weighted by molar-refractivity contribution is 5.84. The van der Waals surface area contributed by atoms with E-state index in [0.29, 0.717) is 0 Å². The van der Waals surface area contributed by atoms with E-state index in [2.05, 4.69) is 10.6 Å². The molecule has 2 amide bonds. The molecule has 3 N–H and O–H groups in total. The standard InChI is InChI=1S/C29H36N2O8/c1-16(2)23(26(34)38-17(3)24(25(32)33)31-28(36)39-29(4,5)6)30-27(35)37-15-22-20-13-9-7-11-18(20)19-12-8-10-14-21(19)22/h7-14,16-17,22-24H,15H2,1-6H3,(H,30,35)(H,31,36)(H,32,33)/t17-,23+,24+/m1/s1. The lowest BCUT2D eigenvalue weighted by molar-refractivity contribution is -0.157. The van der Waals surface area contributed by atoms with Crippen LogP contribution >= 0.6 is 0 Å². The summed E-state index contributed by atoms with van der Waals surface area (Å²) < 4.78 is 16.0. The molecule has 0 saturated carbocycles. The fourth-order valence-corrected chi connectivity index (χ4v) is 4.40. The van der Waals surface area contributed by atoms with Crippen molar-refractivity contribution in [3.05, 3.63) is 59.7 Å². The van der Waals surface area contributed by atoms with Gasteiger partial charge in [0.15, 0.2) is 6.04 Å². The van der Waals surface area contributed by atoms with E-state index in [1.807, 2.05) is 48.5 Å². The second-order valence-electron chi connectivity index (χ2n) is 10.8. The van der Waals surface area contributed by atoms with Crippen molar-refractivity contribution >= 4 is 24.1 Å². The first-order valence-corrected chi connectivity index (χ1v) is 12.8. The van der Waals surface area contributed by atoms with Crippen LogP contribution in [-0.4, -0.2) is 59.6 Å². The number of carboxylic acid groups (broad SMARTS) is 1. The van der Waals surface area contributed by atoms with Crippen molar-refractivity contribution in [3.8, 4) is 11.1 Å². The monoisotopic (exact) mass is 540 g/mol. The molecule has 0 aromatic heterocycles. The molecule has 0 unspecified atom stereocenters. The van der Waals surface area contributed by atoms with Crippen molar-refractivity contribution < 1.29 is 38.5 Å². The Morgan fingerprint density at radius 3 is 1.85 bits per heavy atom. The molecule has 1 aliphatic rings. The number of carbonyl (C=O) groups excluding carboxylic acids is 3. The zero-order chi connectivity index (χ0) is 28.9. The summed E-state index contributed by atoms with van der Waals surface area (Å²) in [6, 6.07) is 13.2. The van der Waals surface area contributed by atoms with Gasteiger partial charge in [-0.2, -0.15) is 0 Å². The number of esters is 1. The summed E-state index contributed by atoms with van der Waals surface area (Å²) in [4.78, 5) is 49.5. The number of alkyl carbamates (subject to hydrolysis) is 2. The van der Waals surface area contributed by atoms with Gasteiger partial charge in [-0.1, -0.05) is 62.4 Å². The van der Waals surface area contributed by atoms with Crippen molar-refractivity contribution in [1.29, 1.82) is 0 Å². The molecule has 3 atom stereocenters. The predicted octanol–water partition coefficient (Wildman–Crippen LogP) is 4.46. The Bertz CT molecular complexity index is 1170. The lowest BCUT2D eigenvalue weighted by Crippen LogP contribution is -2.53. The molecule has 0 bridgehead atoms. The molecule has 0 spiro atoms. The number of ether oxygens (including phenoxy) is 3. The summed E-state index contributed by atoms with van der Waals surface area (Å²) in [6.45, 7) is 9.70. The molecule has 0 fully saturated rings. The highest BCUT2D eigenvalue weighted by atomic mass is 16.6. The number of carboxylic acids is 1. The minimum absolute atomic E-state index is 0.0665. The van der Waals surface area contributed by atoms with Gasteiger partial charge in [-0.25, -0.2) is 19.2 Å². The van der Waals surface area contributed by atoms with Gasteiger partial charge < -0.3 is 30.0 Å². The number of carbonyl (C=O) groups is 4. The third-order valence-corrected chi connectivity index (χ3v) is 6.25. The Hall–Kier alpha value is -4.08. The van der Waals surface area contributed by atoms with Crippen molar-refractivity contribution in [2.24, 2.45) is 5.92 Å². The summed E-state index contributed by atoms with van der Waals surface area (Å²) in [5, 5.41) is 14.3. The lowest BCUT2D eigenvalue weighted by atomic mass is 9.98. The molecule has 2 aromatic carbocycles. The summed E-state index contributed by atoms with van der Waals surface area (Å²) in [6.07, 6.45) is -3.02. The summed E-state index contributed by atoms with van der Waals surface area (Å²) in [5.41, 5.74) is 3.44. The first kappa shape index (κ1) is 29.5. The first-order chi connectivity index (χ1) is 18.3. The fraction of sp³-hybridized carbons (Fsp3) is 0.448. The molecule has 39 heavy (non-hydrogen) atoms. The molecule has 0 radical (unpaired) electrons. The number of benzene rings is 2. The maximum absolute atomic E-state index is 12.9. The van der Waals surface area contributed by atoms with Gasteiger partial charge in [-0.05, 0) is 55.9 Å². The van der Waals surface area contributed by atoms with Gasteiger partial charge in [0.25, 0.3) is 0 Å². The largest absolute Gasteiger partial charge is 0.480 e. The van der Waals surface area contributed by atoms with E-state index in [1.54, 1.807) is 34.6 Å². The molecule has 10 heteroatoms. The zero-order valence-electron chi connectivity index (χ0n) is 23.0. The quantitative estimate of drug-likeness (QED) is 0.313. The van der Waals surface area contributed by atoms with Crippen LogP contribution < -0.4 is 10.6 Å². The lowest BCUT2D eigenvalue weighted by Gasteiger charge is -2.27. The van der Waals surface area contributed by atoms with E-state index in [1.165, 1.54) is 6.92 Å². The summed E-state index contributed by atoms with van der Waals surface area (Å²) in [5.74, 6) is -2.81. The number of fused-ring (bicyclic) bond motifs is 3. The fourth-order valence-electron chi connectivity index (χ4n) is 4.40. The van der Waals surface area contributed by atoms with Gasteiger partial charge in [-0.3, -0.25) is 0 Å². The number of amides is 2. The van der Waals surface area contributed by atoms with Crippen LogP contribution in [0.1, 0.15) is 58.6 Å². The molecule has 2 aromatic rings. The number of rotatable bonds is 9. The van der Waals surface area contributed by atoms with Crippen LogP contribution in [0.3, 0.4) is 0 Å². The highest BCUT2D eigenvalue weighted by Gasteiger charge is 2.35. The minimum atomic E-state index is -1.56. The van der Waals surface area contributed by atoms with Crippen molar-refractivity contribution in [2.75, 3.05) is 6.61 Å². The van der Waals surface area contributed by atoms with Crippen LogP contribution in [0.5, 0.6) is 0 Å². The Kier molecular flexibility index (Phi) is 9.21. The van der Waals surface area contributed by atoms with Gasteiger partial charge in [0, 0.05) is 5.92 Å². The van der Waals surface area contributed by atoms with Crippen LogP contribution in [-0.2, 0) is 23.8 Å². The number of hydrogen-bond donors (Lipinski definition) is 3. The second-order valence-corrected chi connectivity index (χ2v) is 10.8. The Morgan fingerprint density at radius 2 is 1.36 bits per heavy atom. The van der Waals surface area contributed by atoms with Crippen LogP contribution in [0.15, 0.2) is 48.5 Å². The maximum atomic E-state index is 12.9. The SMILES string of the molecule is CC(C)[C@H](NC(=O)OCC1c2ccccc2-c2ccccc21)C(=O)O[C@H](C)[C@H](NC(=O)OC(C)(C)C)C(=O)O. The van der Waals surface area contributed by atoms with Gasteiger partial charge >= 0.3 is 24.1 Å². The van der Waals surface area contributed by atoms with Crippen LogP contribution in [0.25, 0.3) is 11.1 Å². The normalized spacial score (nSPS) is 14.8. The second kappa shape index (κ2) is 12.2. The third-order valence-electron chi connectivity index (χ3n) is 6.25. The molecule has 210 valence electrons. The summed E-state index contributed by atoms with van der Waals surface area (Å²) in [7, 11) is 0. The van der Waals surface area contributed by atoms with E-state index < -0.39 is 53.8 Å². The molecule has 0 aliphatic heterocycles. The smallest absolute Gasteiger partial charge is 0.408 e. The Labute approximate surface area is 228 Å². The van der Waals surface area contributed by atoms with Gasteiger partial charge in [-0.15, -0.1) is 0 Å². The molecule has 0 heterocycles.